The Labute approximate surface area is 123 Å². The Balaban J connectivity index is 1.77. The first-order valence-electron chi connectivity index (χ1n) is 7.11. The standard InChI is InChI=1S/C15H19FN4O/c1-11(12-5-3-4-6-13(12)16)20-7-8-21-14(9-20)15-18-17-10-19(15)2/h3-6,10-11,14H,7-9H2,1-2H3/t11-,14+/m0/s1. The molecule has 0 bridgehead atoms. The van der Waals surface area contributed by atoms with Crippen LogP contribution >= 0.6 is 0 Å². The summed E-state index contributed by atoms with van der Waals surface area (Å²) < 4.78 is 21.6. The van der Waals surface area contributed by atoms with Crippen molar-refractivity contribution >= 4 is 0 Å². The van der Waals surface area contributed by atoms with Crippen LogP contribution in [0.5, 0.6) is 0 Å². The number of aromatic nitrogens is 3. The molecule has 1 aliphatic heterocycles. The summed E-state index contributed by atoms with van der Waals surface area (Å²) in [5, 5.41) is 8.00. The van der Waals surface area contributed by atoms with E-state index < -0.39 is 0 Å². The number of halogens is 1. The van der Waals surface area contributed by atoms with Crippen molar-refractivity contribution < 1.29 is 9.13 Å². The Morgan fingerprint density at radius 1 is 1.38 bits per heavy atom. The van der Waals surface area contributed by atoms with Crippen molar-refractivity contribution in [3.8, 4) is 0 Å². The molecule has 0 N–H and O–H groups in total. The molecule has 1 aromatic heterocycles. The van der Waals surface area contributed by atoms with Gasteiger partial charge in [-0.2, -0.15) is 0 Å². The normalized spacial score (nSPS) is 21.4. The molecule has 0 unspecified atom stereocenters. The fraction of sp³-hybridized carbons (Fsp3) is 0.467. The van der Waals surface area contributed by atoms with Crippen LogP contribution in [-0.2, 0) is 11.8 Å². The molecule has 2 atom stereocenters. The molecule has 0 radical (unpaired) electrons. The van der Waals surface area contributed by atoms with Gasteiger partial charge in [0.15, 0.2) is 5.82 Å². The van der Waals surface area contributed by atoms with Gasteiger partial charge in [0.25, 0.3) is 0 Å². The van der Waals surface area contributed by atoms with Gasteiger partial charge in [-0.25, -0.2) is 4.39 Å². The van der Waals surface area contributed by atoms with E-state index in [1.54, 1.807) is 12.4 Å². The molecule has 3 rings (SSSR count). The molecule has 2 aromatic rings. The maximum atomic E-state index is 13.9. The van der Waals surface area contributed by atoms with E-state index in [0.717, 1.165) is 17.9 Å². The summed E-state index contributed by atoms with van der Waals surface area (Å²) in [6.07, 6.45) is 1.54. The predicted molar refractivity (Wildman–Crippen MR) is 76.1 cm³/mol. The molecule has 1 aliphatic rings. The first-order valence-corrected chi connectivity index (χ1v) is 7.11. The number of aryl methyl sites for hydroxylation is 1. The van der Waals surface area contributed by atoms with Crippen LogP contribution in [0.15, 0.2) is 30.6 Å². The largest absolute Gasteiger partial charge is 0.368 e. The molecular weight excluding hydrogens is 271 g/mol. The van der Waals surface area contributed by atoms with Crippen LogP contribution in [-0.4, -0.2) is 39.4 Å². The molecule has 112 valence electrons. The second kappa shape index (κ2) is 5.91. The zero-order valence-corrected chi connectivity index (χ0v) is 12.2. The number of ether oxygens (including phenoxy) is 1. The molecule has 0 aliphatic carbocycles. The molecule has 2 heterocycles. The van der Waals surface area contributed by atoms with E-state index in [9.17, 15) is 4.39 Å². The van der Waals surface area contributed by atoms with Crippen molar-refractivity contribution in [2.45, 2.75) is 19.1 Å². The summed E-state index contributed by atoms with van der Waals surface area (Å²) in [7, 11) is 1.90. The van der Waals surface area contributed by atoms with Crippen molar-refractivity contribution in [2.75, 3.05) is 19.7 Å². The zero-order valence-electron chi connectivity index (χ0n) is 12.2. The molecule has 6 heteroatoms. The molecule has 21 heavy (non-hydrogen) atoms. The Hall–Kier alpha value is -1.79. The van der Waals surface area contributed by atoms with E-state index >= 15 is 0 Å². The summed E-state index contributed by atoms with van der Waals surface area (Å²) in [6.45, 7) is 4.10. The highest BCUT2D eigenvalue weighted by molar-refractivity contribution is 5.21. The summed E-state index contributed by atoms with van der Waals surface area (Å²) in [5.41, 5.74) is 0.719. The Bertz CT molecular complexity index is 615. The number of benzene rings is 1. The molecule has 1 aromatic carbocycles. The van der Waals surface area contributed by atoms with Crippen molar-refractivity contribution in [2.24, 2.45) is 7.05 Å². The van der Waals surface area contributed by atoms with Crippen LogP contribution in [0.2, 0.25) is 0 Å². The lowest BCUT2D eigenvalue weighted by molar-refractivity contribution is -0.0487. The lowest BCUT2D eigenvalue weighted by Crippen LogP contribution is -2.40. The second-order valence-electron chi connectivity index (χ2n) is 5.35. The van der Waals surface area contributed by atoms with E-state index in [0.29, 0.717) is 13.2 Å². The average molecular weight is 290 g/mol. The third-order valence-corrected chi connectivity index (χ3v) is 4.04. The minimum Gasteiger partial charge on any atom is -0.368 e. The van der Waals surface area contributed by atoms with Gasteiger partial charge >= 0.3 is 0 Å². The van der Waals surface area contributed by atoms with Crippen LogP contribution in [0.25, 0.3) is 0 Å². The Morgan fingerprint density at radius 3 is 2.90 bits per heavy atom. The predicted octanol–water partition coefficient (Wildman–Crippen LogP) is 2.09. The van der Waals surface area contributed by atoms with E-state index in [-0.39, 0.29) is 18.0 Å². The third kappa shape index (κ3) is 2.82. The van der Waals surface area contributed by atoms with Crippen LogP contribution in [0.3, 0.4) is 0 Å². The topological polar surface area (TPSA) is 43.2 Å². The lowest BCUT2D eigenvalue weighted by atomic mass is 10.0. The minimum absolute atomic E-state index is 0.00540. The monoisotopic (exact) mass is 290 g/mol. The van der Waals surface area contributed by atoms with Crippen LogP contribution in [0.4, 0.5) is 4.39 Å². The van der Waals surface area contributed by atoms with Gasteiger partial charge in [-0.3, -0.25) is 4.90 Å². The SMILES string of the molecule is C[C@@H](c1ccccc1F)N1CCO[C@@H](c2nncn2C)C1. The Morgan fingerprint density at radius 2 is 2.19 bits per heavy atom. The molecule has 0 spiro atoms. The van der Waals surface area contributed by atoms with Gasteiger partial charge in [-0.1, -0.05) is 18.2 Å². The van der Waals surface area contributed by atoms with Crippen LogP contribution in [0.1, 0.15) is 30.5 Å². The maximum Gasteiger partial charge on any atom is 0.163 e. The van der Waals surface area contributed by atoms with Crippen molar-refractivity contribution in [3.63, 3.8) is 0 Å². The summed E-state index contributed by atoms with van der Waals surface area (Å²) in [4.78, 5) is 2.22. The molecule has 0 amide bonds. The van der Waals surface area contributed by atoms with E-state index in [1.807, 2.05) is 30.7 Å². The average Bonchev–Trinajstić information content (AvgIpc) is 2.93. The third-order valence-electron chi connectivity index (χ3n) is 4.04. The molecule has 0 saturated carbocycles. The number of morpholine rings is 1. The first-order chi connectivity index (χ1) is 10.2. The number of hydrogen-bond donors (Lipinski definition) is 0. The maximum absolute atomic E-state index is 13.9. The van der Waals surface area contributed by atoms with Gasteiger partial charge in [-0.05, 0) is 13.0 Å². The number of hydrogen-bond acceptors (Lipinski definition) is 4. The number of nitrogens with zero attached hydrogens (tertiary/aromatic N) is 4. The number of rotatable bonds is 3. The molecule has 1 fully saturated rings. The second-order valence-corrected chi connectivity index (χ2v) is 5.35. The highest BCUT2D eigenvalue weighted by atomic mass is 19.1. The minimum atomic E-state index is -0.160. The van der Waals surface area contributed by atoms with Crippen molar-refractivity contribution in [3.05, 3.63) is 47.8 Å². The summed E-state index contributed by atoms with van der Waals surface area (Å²) in [6, 6.07) is 6.94. The molecule has 1 saturated heterocycles. The van der Waals surface area contributed by atoms with Gasteiger partial charge in [0, 0.05) is 31.7 Å². The summed E-state index contributed by atoms with van der Waals surface area (Å²) in [5.74, 6) is 0.645. The zero-order chi connectivity index (χ0) is 14.8. The van der Waals surface area contributed by atoms with Gasteiger partial charge < -0.3 is 9.30 Å². The Kier molecular flexibility index (Phi) is 3.98. The summed E-state index contributed by atoms with van der Waals surface area (Å²) >= 11 is 0. The lowest BCUT2D eigenvalue weighted by Gasteiger charge is -2.36. The van der Waals surface area contributed by atoms with Gasteiger partial charge in [0.2, 0.25) is 0 Å². The first kappa shape index (κ1) is 14.2. The van der Waals surface area contributed by atoms with Gasteiger partial charge in [0.05, 0.1) is 6.61 Å². The van der Waals surface area contributed by atoms with Crippen molar-refractivity contribution in [1.29, 1.82) is 0 Å². The van der Waals surface area contributed by atoms with Crippen molar-refractivity contribution in [1.82, 2.24) is 19.7 Å². The smallest absolute Gasteiger partial charge is 0.163 e. The molecular formula is C15H19FN4O. The van der Waals surface area contributed by atoms with Gasteiger partial charge in [0.1, 0.15) is 18.2 Å². The fourth-order valence-corrected chi connectivity index (χ4v) is 2.77. The van der Waals surface area contributed by atoms with Crippen LogP contribution < -0.4 is 0 Å². The highest BCUT2D eigenvalue weighted by Gasteiger charge is 2.29. The van der Waals surface area contributed by atoms with E-state index in [4.69, 9.17) is 4.74 Å². The highest BCUT2D eigenvalue weighted by Crippen LogP contribution is 2.28. The molecule has 5 nitrogen and oxygen atoms in total. The van der Waals surface area contributed by atoms with Crippen LogP contribution in [0, 0.1) is 5.82 Å². The van der Waals surface area contributed by atoms with Gasteiger partial charge in [-0.15, -0.1) is 10.2 Å². The fourth-order valence-electron chi connectivity index (χ4n) is 2.77. The van der Waals surface area contributed by atoms with E-state index in [2.05, 4.69) is 15.1 Å². The quantitative estimate of drug-likeness (QED) is 0.868. The van der Waals surface area contributed by atoms with E-state index in [1.165, 1.54) is 6.07 Å².